The molecule has 3 atom stereocenters. The van der Waals surface area contributed by atoms with Crippen molar-refractivity contribution in [2.24, 2.45) is 11.7 Å². The van der Waals surface area contributed by atoms with Gasteiger partial charge in [0.15, 0.2) is 0 Å². The molecule has 1 aliphatic rings. The average molecular weight is 201 g/mol. The smallest absolute Gasteiger partial charge is 0.00648 e. The van der Waals surface area contributed by atoms with Crippen LogP contribution in [-0.2, 0) is 0 Å². The highest BCUT2D eigenvalue weighted by Gasteiger charge is 2.38. The maximum Gasteiger partial charge on any atom is 0.00648 e. The first-order chi connectivity index (χ1) is 5.99. The van der Waals surface area contributed by atoms with E-state index in [4.69, 9.17) is 5.73 Å². The Hall–Kier alpha value is 0.390. The van der Waals surface area contributed by atoms with Gasteiger partial charge in [0.05, 0.1) is 0 Å². The summed E-state index contributed by atoms with van der Waals surface area (Å²) in [5.74, 6) is 0.805. The fraction of sp³-hybridized carbons (Fsp3) is 1.00. The molecule has 0 spiro atoms. The number of hydrogen-bond acceptors (Lipinski definition) is 1. The van der Waals surface area contributed by atoms with Gasteiger partial charge in [-0.3, -0.25) is 0 Å². The molecule has 1 saturated carbocycles. The summed E-state index contributed by atoms with van der Waals surface area (Å²) in [6, 6.07) is 0.455. The summed E-state index contributed by atoms with van der Waals surface area (Å²) >= 11 is 0. The van der Waals surface area contributed by atoms with Crippen LogP contribution in [0.4, 0.5) is 0 Å². The predicted octanol–water partition coefficient (Wildman–Crippen LogP) is 3.02. The molecule has 0 bridgehead atoms. The number of hydrogen-bond donors (Lipinski definition) is 1. The molecule has 0 heterocycles. The highest BCUT2D eigenvalue weighted by Crippen LogP contribution is 2.55. The van der Waals surface area contributed by atoms with Crippen molar-refractivity contribution in [3.63, 3.8) is 0 Å². The molecule has 78 valence electrons. The predicted molar refractivity (Wildman–Crippen MR) is 62.8 cm³/mol. The third-order valence-electron chi connectivity index (χ3n) is 3.91. The summed E-state index contributed by atoms with van der Waals surface area (Å²) in [6.45, 7) is 9.49. The van der Waals surface area contributed by atoms with Crippen LogP contribution in [0.1, 0.15) is 39.5 Å². The SMILES string of the molecule is CCC(N)C1CCC(C)(P(C)C)C1. The number of rotatable bonds is 3. The third kappa shape index (κ3) is 2.44. The molecule has 1 nitrogen and oxygen atoms in total. The Kier molecular flexibility index (Phi) is 3.77. The zero-order chi connectivity index (χ0) is 10.1. The number of nitrogens with two attached hydrogens (primary N) is 1. The second kappa shape index (κ2) is 4.28. The van der Waals surface area contributed by atoms with E-state index in [1.165, 1.54) is 19.3 Å². The van der Waals surface area contributed by atoms with Gasteiger partial charge < -0.3 is 5.73 Å². The van der Waals surface area contributed by atoms with Crippen molar-refractivity contribution in [2.75, 3.05) is 13.3 Å². The van der Waals surface area contributed by atoms with E-state index in [1.54, 1.807) is 0 Å². The summed E-state index contributed by atoms with van der Waals surface area (Å²) in [5, 5.41) is 0.632. The first-order valence-electron chi connectivity index (χ1n) is 5.42. The lowest BCUT2D eigenvalue weighted by atomic mass is 9.96. The molecule has 0 amide bonds. The van der Waals surface area contributed by atoms with Gasteiger partial charge in [0.25, 0.3) is 0 Å². The summed E-state index contributed by atoms with van der Waals surface area (Å²) in [5.41, 5.74) is 6.11. The lowest BCUT2D eigenvalue weighted by molar-refractivity contribution is 0.413. The van der Waals surface area contributed by atoms with Crippen LogP contribution in [0.5, 0.6) is 0 Å². The van der Waals surface area contributed by atoms with Gasteiger partial charge in [-0.05, 0) is 50.1 Å². The van der Waals surface area contributed by atoms with Crippen molar-refractivity contribution >= 4 is 7.92 Å². The van der Waals surface area contributed by atoms with Crippen LogP contribution >= 0.6 is 7.92 Å². The second-order valence-corrected chi connectivity index (χ2v) is 7.83. The van der Waals surface area contributed by atoms with Crippen LogP contribution in [0, 0.1) is 5.92 Å². The highest BCUT2D eigenvalue weighted by atomic mass is 31.1. The average Bonchev–Trinajstić information content (AvgIpc) is 2.48. The van der Waals surface area contributed by atoms with Gasteiger partial charge in [-0.2, -0.15) is 0 Å². The molecule has 1 rings (SSSR count). The lowest BCUT2D eigenvalue weighted by Gasteiger charge is -2.30. The second-order valence-electron chi connectivity index (χ2n) is 4.97. The quantitative estimate of drug-likeness (QED) is 0.698. The summed E-state index contributed by atoms with van der Waals surface area (Å²) in [4.78, 5) is 0. The van der Waals surface area contributed by atoms with E-state index >= 15 is 0 Å². The first kappa shape index (κ1) is 11.5. The van der Waals surface area contributed by atoms with E-state index < -0.39 is 0 Å². The van der Waals surface area contributed by atoms with E-state index in [-0.39, 0.29) is 7.92 Å². The molecule has 1 aliphatic carbocycles. The van der Waals surface area contributed by atoms with Gasteiger partial charge in [-0.25, -0.2) is 0 Å². The minimum absolute atomic E-state index is 0.204. The first-order valence-corrected chi connectivity index (χ1v) is 7.66. The van der Waals surface area contributed by atoms with Crippen LogP contribution < -0.4 is 5.73 Å². The topological polar surface area (TPSA) is 26.0 Å². The van der Waals surface area contributed by atoms with E-state index in [9.17, 15) is 0 Å². The Labute approximate surface area is 84.2 Å². The molecular formula is C11H24NP. The lowest BCUT2D eigenvalue weighted by Crippen LogP contribution is -2.29. The molecule has 3 unspecified atom stereocenters. The van der Waals surface area contributed by atoms with Gasteiger partial charge >= 0.3 is 0 Å². The highest BCUT2D eigenvalue weighted by molar-refractivity contribution is 7.57. The van der Waals surface area contributed by atoms with Crippen LogP contribution in [0.15, 0.2) is 0 Å². The van der Waals surface area contributed by atoms with Crippen molar-refractivity contribution < 1.29 is 0 Å². The van der Waals surface area contributed by atoms with Gasteiger partial charge in [-0.15, -0.1) is 7.92 Å². The van der Waals surface area contributed by atoms with Crippen LogP contribution in [-0.4, -0.2) is 24.5 Å². The maximum absolute atomic E-state index is 6.11. The molecule has 0 aromatic carbocycles. The van der Waals surface area contributed by atoms with E-state index in [1.807, 2.05) is 0 Å². The molecule has 0 aliphatic heterocycles. The van der Waals surface area contributed by atoms with Gasteiger partial charge in [0.2, 0.25) is 0 Å². The Morgan fingerprint density at radius 2 is 2.15 bits per heavy atom. The largest absolute Gasteiger partial charge is 0.327 e. The van der Waals surface area contributed by atoms with E-state index in [0.717, 1.165) is 12.3 Å². The molecule has 0 radical (unpaired) electrons. The fourth-order valence-corrected chi connectivity index (χ4v) is 3.55. The summed E-state index contributed by atoms with van der Waals surface area (Å²) < 4.78 is 0. The van der Waals surface area contributed by atoms with Crippen LogP contribution in [0.3, 0.4) is 0 Å². The van der Waals surface area contributed by atoms with Crippen LogP contribution in [0.2, 0.25) is 0 Å². The maximum atomic E-state index is 6.11. The van der Waals surface area contributed by atoms with Gasteiger partial charge in [0, 0.05) is 6.04 Å². The molecule has 0 aromatic heterocycles. The Bertz CT molecular complexity index is 169. The van der Waals surface area contributed by atoms with Crippen LogP contribution in [0.25, 0.3) is 0 Å². The molecule has 0 saturated heterocycles. The minimum Gasteiger partial charge on any atom is -0.327 e. The van der Waals surface area contributed by atoms with Crippen molar-refractivity contribution in [3.05, 3.63) is 0 Å². The molecule has 2 N–H and O–H groups in total. The molecule has 1 fully saturated rings. The molecular weight excluding hydrogens is 177 g/mol. The monoisotopic (exact) mass is 201 g/mol. The van der Waals surface area contributed by atoms with E-state index in [2.05, 4.69) is 27.2 Å². The van der Waals surface area contributed by atoms with Gasteiger partial charge in [0.1, 0.15) is 0 Å². The Balaban J connectivity index is 2.53. The summed E-state index contributed by atoms with van der Waals surface area (Å²) in [6.07, 6.45) is 5.29. The van der Waals surface area contributed by atoms with Crippen molar-refractivity contribution in [1.82, 2.24) is 0 Å². The zero-order valence-electron chi connectivity index (χ0n) is 9.51. The summed E-state index contributed by atoms with van der Waals surface area (Å²) in [7, 11) is 0.204. The third-order valence-corrected chi connectivity index (χ3v) is 6.48. The van der Waals surface area contributed by atoms with Gasteiger partial charge in [-0.1, -0.05) is 13.8 Å². The van der Waals surface area contributed by atoms with Crippen molar-refractivity contribution in [2.45, 2.75) is 50.7 Å². The standard InChI is InChI=1S/C11H24NP/c1-5-10(12)9-6-7-11(2,8-9)13(3)4/h9-10H,5-8,12H2,1-4H3. The molecule has 13 heavy (non-hydrogen) atoms. The fourth-order valence-electron chi connectivity index (χ4n) is 2.37. The molecule has 0 aromatic rings. The Morgan fingerprint density at radius 1 is 1.54 bits per heavy atom. The molecule has 2 heteroatoms. The Morgan fingerprint density at radius 3 is 2.54 bits per heavy atom. The van der Waals surface area contributed by atoms with Crippen molar-refractivity contribution in [3.8, 4) is 0 Å². The normalized spacial score (nSPS) is 36.9. The van der Waals surface area contributed by atoms with Crippen molar-refractivity contribution in [1.29, 1.82) is 0 Å². The van der Waals surface area contributed by atoms with E-state index in [0.29, 0.717) is 11.2 Å². The zero-order valence-corrected chi connectivity index (χ0v) is 10.4. The minimum atomic E-state index is 0.204.